The molecule has 0 aromatic heterocycles. The minimum Gasteiger partial charge on any atom is -0.248 e. The van der Waals surface area contributed by atoms with Crippen LogP contribution in [0.5, 0.6) is 0 Å². The summed E-state index contributed by atoms with van der Waals surface area (Å²) in [6.45, 7) is 2.89. The lowest BCUT2D eigenvalue weighted by Crippen LogP contribution is -2.30. The maximum atomic E-state index is 4.48. The highest BCUT2D eigenvalue weighted by Gasteiger charge is 2.31. The highest BCUT2D eigenvalue weighted by Crippen LogP contribution is 2.32. The van der Waals surface area contributed by atoms with E-state index in [1.165, 1.54) is 75.6 Å². The average Bonchev–Trinajstić information content (AvgIpc) is 2.90. The van der Waals surface area contributed by atoms with Gasteiger partial charge in [-0.3, -0.25) is 0 Å². The predicted molar refractivity (Wildman–Crippen MR) is 71.3 cm³/mol. The highest BCUT2D eigenvalue weighted by molar-refractivity contribution is 6.45. The molecule has 2 saturated carbocycles. The summed E-state index contributed by atoms with van der Waals surface area (Å²) in [6.07, 6.45) is 13.6. The Hall–Kier alpha value is -0.660. The summed E-state index contributed by atoms with van der Waals surface area (Å²) in [5, 5.41) is 0. The van der Waals surface area contributed by atoms with E-state index >= 15 is 0 Å². The summed E-state index contributed by atoms with van der Waals surface area (Å²) in [6, 6.07) is 0. The molecule has 0 bridgehead atoms. The standard InChI is InChI=1S/C15H22N2/c1-3-7-12(8-4-1)14-15(17-11-16-14)13-9-5-2-6-10-13/h12-13H,1-10H2. The third-order valence-corrected chi connectivity index (χ3v) is 4.59. The fourth-order valence-corrected chi connectivity index (χ4v) is 3.60. The summed E-state index contributed by atoms with van der Waals surface area (Å²) >= 11 is 0. The molecule has 1 aliphatic heterocycles. The van der Waals surface area contributed by atoms with Crippen molar-refractivity contribution < 1.29 is 0 Å². The molecule has 0 atom stereocenters. The van der Waals surface area contributed by atoms with Crippen molar-refractivity contribution in [3.8, 4) is 0 Å². The second-order valence-electron chi connectivity index (χ2n) is 5.76. The van der Waals surface area contributed by atoms with Gasteiger partial charge >= 0.3 is 0 Å². The molecule has 2 nitrogen and oxygen atoms in total. The zero-order chi connectivity index (χ0) is 11.5. The Bertz CT molecular complexity index is 286. The first kappa shape index (κ1) is 11.4. The Kier molecular flexibility index (Phi) is 3.58. The van der Waals surface area contributed by atoms with Crippen molar-refractivity contribution in [2.75, 3.05) is 0 Å². The van der Waals surface area contributed by atoms with Crippen molar-refractivity contribution in [3.05, 3.63) is 6.67 Å². The minimum atomic E-state index is 0.694. The summed E-state index contributed by atoms with van der Waals surface area (Å²) < 4.78 is 0. The molecule has 0 N–H and O–H groups in total. The summed E-state index contributed by atoms with van der Waals surface area (Å²) in [4.78, 5) is 8.96. The Balaban J connectivity index is 1.69. The number of nitrogens with zero attached hydrogens (tertiary/aromatic N) is 2. The fraction of sp³-hybridized carbons (Fsp3) is 0.800. The highest BCUT2D eigenvalue weighted by atomic mass is 15.0. The van der Waals surface area contributed by atoms with E-state index in [-0.39, 0.29) is 0 Å². The van der Waals surface area contributed by atoms with Crippen LogP contribution in [-0.2, 0) is 0 Å². The first-order valence-corrected chi connectivity index (χ1v) is 7.35. The first-order valence-electron chi connectivity index (χ1n) is 7.35. The Morgan fingerprint density at radius 2 is 1.06 bits per heavy atom. The van der Waals surface area contributed by atoms with Crippen LogP contribution in [0.25, 0.3) is 0 Å². The number of rotatable bonds is 2. The molecular formula is C15H22N2. The third-order valence-electron chi connectivity index (χ3n) is 4.59. The van der Waals surface area contributed by atoms with Gasteiger partial charge in [0.15, 0.2) is 0 Å². The van der Waals surface area contributed by atoms with Gasteiger partial charge in [0.25, 0.3) is 0 Å². The van der Waals surface area contributed by atoms with Crippen molar-refractivity contribution in [2.24, 2.45) is 21.8 Å². The van der Waals surface area contributed by atoms with E-state index in [1.54, 1.807) is 0 Å². The van der Waals surface area contributed by atoms with Crippen LogP contribution in [0.2, 0.25) is 0 Å². The van der Waals surface area contributed by atoms with Crippen molar-refractivity contribution in [1.29, 1.82) is 0 Å². The molecule has 2 radical (unpaired) electrons. The SMILES string of the molecule is [C]1N=C(C2CCCCC2)C(C2CCCCC2)=N1. The molecule has 3 aliphatic rings. The first-order chi connectivity index (χ1) is 8.45. The van der Waals surface area contributed by atoms with E-state index in [9.17, 15) is 0 Å². The zero-order valence-electron chi connectivity index (χ0n) is 10.6. The van der Waals surface area contributed by atoms with Crippen LogP contribution in [0.4, 0.5) is 0 Å². The molecule has 2 heteroatoms. The lowest BCUT2D eigenvalue weighted by Gasteiger charge is -2.27. The second kappa shape index (κ2) is 5.32. The number of hydrogen-bond acceptors (Lipinski definition) is 2. The van der Waals surface area contributed by atoms with Crippen LogP contribution in [0.15, 0.2) is 9.98 Å². The van der Waals surface area contributed by atoms with Gasteiger partial charge in [0.2, 0.25) is 6.67 Å². The molecule has 3 rings (SSSR count). The summed E-state index contributed by atoms with van der Waals surface area (Å²) in [7, 11) is 0. The van der Waals surface area contributed by atoms with Gasteiger partial charge < -0.3 is 0 Å². The quantitative estimate of drug-likeness (QED) is 0.684. The molecule has 0 saturated heterocycles. The monoisotopic (exact) mass is 230 g/mol. The Morgan fingerprint density at radius 3 is 1.47 bits per heavy atom. The zero-order valence-corrected chi connectivity index (χ0v) is 10.6. The largest absolute Gasteiger partial charge is 0.250 e. The van der Waals surface area contributed by atoms with Gasteiger partial charge in [-0.15, -0.1) is 0 Å². The van der Waals surface area contributed by atoms with Crippen LogP contribution in [-0.4, -0.2) is 11.4 Å². The molecule has 92 valence electrons. The molecule has 0 aromatic carbocycles. The minimum absolute atomic E-state index is 0.694. The normalized spacial score (nSPS) is 28.0. The lowest BCUT2D eigenvalue weighted by molar-refractivity contribution is 0.430. The average molecular weight is 230 g/mol. The van der Waals surface area contributed by atoms with Gasteiger partial charge in [-0.05, 0) is 25.7 Å². The molecule has 2 fully saturated rings. The molecule has 2 aliphatic carbocycles. The van der Waals surface area contributed by atoms with Crippen molar-refractivity contribution in [1.82, 2.24) is 0 Å². The molecule has 0 amide bonds. The van der Waals surface area contributed by atoms with Crippen LogP contribution in [0, 0.1) is 18.5 Å². The van der Waals surface area contributed by atoms with Crippen LogP contribution < -0.4 is 0 Å². The summed E-state index contributed by atoms with van der Waals surface area (Å²) in [5.41, 5.74) is 2.63. The van der Waals surface area contributed by atoms with Crippen molar-refractivity contribution in [2.45, 2.75) is 64.2 Å². The smallest absolute Gasteiger partial charge is 0.248 e. The molecule has 0 aromatic rings. The van der Waals surface area contributed by atoms with Crippen molar-refractivity contribution >= 4 is 11.4 Å². The van der Waals surface area contributed by atoms with Crippen LogP contribution >= 0.6 is 0 Å². The second-order valence-corrected chi connectivity index (χ2v) is 5.76. The Labute approximate surface area is 105 Å². The van der Waals surface area contributed by atoms with E-state index in [0.717, 1.165) is 0 Å². The van der Waals surface area contributed by atoms with Gasteiger partial charge in [-0.25, -0.2) is 9.98 Å². The topological polar surface area (TPSA) is 24.7 Å². The molecule has 0 unspecified atom stereocenters. The number of aliphatic imine (C=N–C) groups is 2. The fourth-order valence-electron chi connectivity index (χ4n) is 3.60. The molecular weight excluding hydrogens is 208 g/mol. The van der Waals surface area contributed by atoms with E-state index in [1.807, 2.05) is 0 Å². The van der Waals surface area contributed by atoms with Crippen LogP contribution in [0.3, 0.4) is 0 Å². The van der Waals surface area contributed by atoms with E-state index in [2.05, 4.69) is 16.7 Å². The van der Waals surface area contributed by atoms with Gasteiger partial charge in [0.1, 0.15) is 0 Å². The van der Waals surface area contributed by atoms with Gasteiger partial charge in [0, 0.05) is 11.8 Å². The van der Waals surface area contributed by atoms with Crippen molar-refractivity contribution in [3.63, 3.8) is 0 Å². The summed E-state index contributed by atoms with van der Waals surface area (Å²) in [5.74, 6) is 1.39. The predicted octanol–water partition coefficient (Wildman–Crippen LogP) is 4.04. The van der Waals surface area contributed by atoms with Gasteiger partial charge in [-0.1, -0.05) is 38.5 Å². The molecule has 1 heterocycles. The Morgan fingerprint density at radius 1 is 0.647 bits per heavy atom. The lowest BCUT2D eigenvalue weighted by atomic mass is 9.78. The maximum Gasteiger partial charge on any atom is 0.250 e. The molecule has 0 spiro atoms. The number of hydrogen-bond donors (Lipinski definition) is 0. The van der Waals surface area contributed by atoms with Crippen LogP contribution in [0.1, 0.15) is 64.2 Å². The van der Waals surface area contributed by atoms with Gasteiger partial charge in [0.05, 0.1) is 11.4 Å². The van der Waals surface area contributed by atoms with Gasteiger partial charge in [-0.2, -0.15) is 0 Å². The van der Waals surface area contributed by atoms with E-state index < -0.39 is 0 Å². The maximum absolute atomic E-state index is 4.48. The molecule has 17 heavy (non-hydrogen) atoms. The van der Waals surface area contributed by atoms with E-state index in [4.69, 9.17) is 0 Å². The third kappa shape index (κ3) is 2.46. The van der Waals surface area contributed by atoms with E-state index in [0.29, 0.717) is 11.8 Å².